The number of aromatic nitrogens is 4. The lowest BCUT2D eigenvalue weighted by Crippen LogP contribution is -2.00. The van der Waals surface area contributed by atoms with Crippen molar-refractivity contribution in [3.8, 4) is 56.4 Å². The molecule has 0 amide bonds. The Kier molecular flexibility index (Phi) is 6.39. The van der Waals surface area contributed by atoms with Gasteiger partial charge >= 0.3 is 0 Å². The summed E-state index contributed by atoms with van der Waals surface area (Å²) in [4.78, 5) is 19.2. The maximum Gasteiger partial charge on any atom is 0.164 e. The van der Waals surface area contributed by atoms with Crippen LogP contribution in [0.3, 0.4) is 0 Å². The van der Waals surface area contributed by atoms with Crippen LogP contribution in [0.5, 0.6) is 0 Å². The maximum absolute atomic E-state index is 6.11. The Morgan fingerprint density at radius 2 is 0.936 bits per heavy atom. The third kappa shape index (κ3) is 4.73. The molecule has 0 aliphatic carbocycles. The van der Waals surface area contributed by atoms with Gasteiger partial charge in [0.15, 0.2) is 17.5 Å². The molecule has 0 radical (unpaired) electrons. The highest BCUT2D eigenvalue weighted by Crippen LogP contribution is 2.39. The van der Waals surface area contributed by atoms with Crippen molar-refractivity contribution in [2.24, 2.45) is 0 Å². The molecule has 0 saturated carbocycles. The fourth-order valence-electron chi connectivity index (χ4n) is 6.42. The molecule has 220 valence electrons. The number of rotatable bonds is 5. The highest BCUT2D eigenvalue weighted by atomic mass is 16.3. The largest absolute Gasteiger partial charge is 0.456 e. The average Bonchev–Trinajstić information content (AvgIpc) is 3.54. The molecule has 0 N–H and O–H groups in total. The summed E-state index contributed by atoms with van der Waals surface area (Å²) < 4.78 is 6.11. The van der Waals surface area contributed by atoms with Gasteiger partial charge in [0, 0.05) is 39.9 Å². The second-order valence-corrected chi connectivity index (χ2v) is 11.5. The van der Waals surface area contributed by atoms with Crippen LogP contribution in [0, 0.1) is 0 Å². The molecule has 9 rings (SSSR count). The van der Waals surface area contributed by atoms with Crippen molar-refractivity contribution >= 4 is 32.7 Å². The molecule has 3 aromatic heterocycles. The van der Waals surface area contributed by atoms with E-state index < -0.39 is 0 Å². The Morgan fingerprint density at radius 1 is 0.362 bits per heavy atom. The fourth-order valence-corrected chi connectivity index (χ4v) is 6.42. The quantitative estimate of drug-likeness (QED) is 0.196. The van der Waals surface area contributed by atoms with Crippen LogP contribution >= 0.6 is 0 Å². The second kappa shape index (κ2) is 11.2. The lowest BCUT2D eigenvalue weighted by molar-refractivity contribution is 0.668. The van der Waals surface area contributed by atoms with E-state index >= 15 is 0 Å². The topological polar surface area (TPSA) is 64.7 Å². The molecular formula is C42H26N4O. The van der Waals surface area contributed by atoms with Crippen LogP contribution in [-0.2, 0) is 0 Å². The van der Waals surface area contributed by atoms with Gasteiger partial charge in [-0.15, -0.1) is 0 Å². The first-order chi connectivity index (χ1) is 23.3. The summed E-state index contributed by atoms with van der Waals surface area (Å²) in [6.07, 6.45) is 3.64. The van der Waals surface area contributed by atoms with Crippen molar-refractivity contribution in [3.63, 3.8) is 0 Å². The number of hydrogen-bond acceptors (Lipinski definition) is 5. The predicted octanol–water partition coefficient (Wildman–Crippen LogP) is 10.7. The molecule has 6 aromatic carbocycles. The molecule has 0 spiro atoms. The Balaban J connectivity index is 1.16. The molecule has 0 unspecified atom stereocenters. The van der Waals surface area contributed by atoms with E-state index in [9.17, 15) is 0 Å². The number of fused-ring (bicyclic) bond motifs is 4. The van der Waals surface area contributed by atoms with Crippen molar-refractivity contribution in [2.75, 3.05) is 0 Å². The molecule has 0 aliphatic heterocycles. The van der Waals surface area contributed by atoms with Crippen LogP contribution in [0.1, 0.15) is 0 Å². The number of pyridine rings is 1. The van der Waals surface area contributed by atoms with Gasteiger partial charge in [0.25, 0.3) is 0 Å². The van der Waals surface area contributed by atoms with E-state index in [2.05, 4.69) is 71.7 Å². The average molecular weight is 603 g/mol. The van der Waals surface area contributed by atoms with Crippen LogP contribution in [0.15, 0.2) is 162 Å². The van der Waals surface area contributed by atoms with Gasteiger partial charge in [0.2, 0.25) is 0 Å². The zero-order chi connectivity index (χ0) is 31.2. The normalized spacial score (nSPS) is 11.4. The third-order valence-corrected chi connectivity index (χ3v) is 8.67. The molecule has 5 heteroatoms. The minimum Gasteiger partial charge on any atom is -0.456 e. The first-order valence-electron chi connectivity index (χ1n) is 15.6. The van der Waals surface area contributed by atoms with E-state index in [1.165, 1.54) is 0 Å². The standard InChI is InChI=1S/C42H26N4O/c1-3-10-29(11-4-1)40-44-41(30-12-5-2-6-13-30)46-42(45-40)35-23-22-31(33-14-7-8-15-34(33)35)27-18-20-28(21-19-27)32-16-9-17-38-39(32)36-26-43-25-24-37(36)47-38/h1-26H. The lowest BCUT2D eigenvalue weighted by atomic mass is 9.93. The zero-order valence-corrected chi connectivity index (χ0v) is 25.2. The summed E-state index contributed by atoms with van der Waals surface area (Å²) in [5.41, 5.74) is 9.09. The van der Waals surface area contributed by atoms with Crippen molar-refractivity contribution < 1.29 is 4.42 Å². The minimum atomic E-state index is 0.644. The van der Waals surface area contributed by atoms with Gasteiger partial charge in [-0.1, -0.05) is 127 Å². The molecule has 3 heterocycles. The van der Waals surface area contributed by atoms with Crippen molar-refractivity contribution in [1.29, 1.82) is 0 Å². The summed E-state index contributed by atoms with van der Waals surface area (Å²) >= 11 is 0. The van der Waals surface area contributed by atoms with Gasteiger partial charge < -0.3 is 4.42 Å². The number of furan rings is 1. The highest BCUT2D eigenvalue weighted by molar-refractivity contribution is 6.12. The molecule has 0 atom stereocenters. The number of nitrogens with zero attached hydrogens (tertiary/aromatic N) is 4. The Hall–Kier alpha value is -6.46. The van der Waals surface area contributed by atoms with Crippen LogP contribution in [0.25, 0.3) is 89.1 Å². The molecule has 5 nitrogen and oxygen atoms in total. The van der Waals surface area contributed by atoms with Gasteiger partial charge in [0.05, 0.1) is 0 Å². The summed E-state index contributed by atoms with van der Waals surface area (Å²) in [6.45, 7) is 0. The van der Waals surface area contributed by atoms with Crippen molar-refractivity contribution in [1.82, 2.24) is 19.9 Å². The fraction of sp³-hybridized carbons (Fsp3) is 0. The molecular weight excluding hydrogens is 576 g/mol. The van der Waals surface area contributed by atoms with Gasteiger partial charge in [-0.05, 0) is 51.2 Å². The first kappa shape index (κ1) is 26.9. The van der Waals surface area contributed by atoms with Gasteiger partial charge in [-0.3, -0.25) is 4.98 Å². The van der Waals surface area contributed by atoms with E-state index in [0.29, 0.717) is 17.5 Å². The van der Waals surface area contributed by atoms with Gasteiger partial charge in [-0.25, -0.2) is 15.0 Å². The summed E-state index contributed by atoms with van der Waals surface area (Å²) in [5.74, 6) is 1.94. The Morgan fingerprint density at radius 3 is 1.62 bits per heavy atom. The van der Waals surface area contributed by atoms with Crippen LogP contribution < -0.4 is 0 Å². The minimum absolute atomic E-state index is 0.644. The highest BCUT2D eigenvalue weighted by Gasteiger charge is 2.17. The molecule has 47 heavy (non-hydrogen) atoms. The Bertz CT molecular complexity index is 2500. The summed E-state index contributed by atoms with van der Waals surface area (Å²) in [7, 11) is 0. The number of hydrogen-bond donors (Lipinski definition) is 0. The smallest absolute Gasteiger partial charge is 0.164 e. The third-order valence-electron chi connectivity index (χ3n) is 8.67. The van der Waals surface area contributed by atoms with E-state index in [1.54, 1.807) is 6.20 Å². The molecule has 0 saturated heterocycles. The molecule has 0 aliphatic rings. The first-order valence-corrected chi connectivity index (χ1v) is 15.6. The van der Waals surface area contributed by atoms with E-state index in [-0.39, 0.29) is 0 Å². The van der Waals surface area contributed by atoms with Crippen LogP contribution in [-0.4, -0.2) is 19.9 Å². The van der Waals surface area contributed by atoms with Gasteiger partial charge in [-0.2, -0.15) is 0 Å². The predicted molar refractivity (Wildman–Crippen MR) is 190 cm³/mol. The van der Waals surface area contributed by atoms with Crippen LogP contribution in [0.4, 0.5) is 0 Å². The molecule has 0 fully saturated rings. The summed E-state index contributed by atoms with van der Waals surface area (Å²) in [6, 6.07) is 49.8. The van der Waals surface area contributed by atoms with Crippen molar-refractivity contribution in [2.45, 2.75) is 0 Å². The Labute approximate surface area is 270 Å². The van der Waals surface area contributed by atoms with E-state index in [4.69, 9.17) is 19.4 Å². The lowest BCUT2D eigenvalue weighted by Gasteiger charge is -2.13. The zero-order valence-electron chi connectivity index (χ0n) is 25.2. The SMILES string of the molecule is c1ccc(-c2nc(-c3ccccc3)nc(-c3ccc(-c4ccc(-c5cccc6oc7ccncc7c56)cc4)c4ccccc34)n2)cc1. The van der Waals surface area contributed by atoms with E-state index in [0.717, 1.165) is 71.7 Å². The molecule has 9 aromatic rings. The van der Waals surface area contributed by atoms with Gasteiger partial charge in [0.1, 0.15) is 11.2 Å². The molecule has 0 bridgehead atoms. The number of benzene rings is 6. The van der Waals surface area contributed by atoms with Crippen LogP contribution in [0.2, 0.25) is 0 Å². The monoisotopic (exact) mass is 602 g/mol. The maximum atomic E-state index is 6.11. The van der Waals surface area contributed by atoms with E-state index in [1.807, 2.05) is 85.1 Å². The van der Waals surface area contributed by atoms with Crippen molar-refractivity contribution in [3.05, 3.63) is 158 Å². The second-order valence-electron chi connectivity index (χ2n) is 11.5. The summed E-state index contributed by atoms with van der Waals surface area (Å²) in [5, 5.41) is 4.32.